The van der Waals surface area contributed by atoms with Gasteiger partial charge in [-0.2, -0.15) is 0 Å². The summed E-state index contributed by atoms with van der Waals surface area (Å²) in [5.74, 6) is 0. The van der Waals surface area contributed by atoms with Gasteiger partial charge in [-0.05, 0) is 43.9 Å². The first-order chi connectivity index (χ1) is 7.90. The minimum absolute atomic E-state index is 0.312. The molecule has 88 valence electrons. The van der Waals surface area contributed by atoms with E-state index in [0.717, 1.165) is 19.6 Å². The molecule has 1 aliphatic heterocycles. The van der Waals surface area contributed by atoms with Crippen LogP contribution in [0.3, 0.4) is 0 Å². The highest BCUT2D eigenvalue weighted by atomic mass is 32.1. The number of thiophene rings is 1. The van der Waals surface area contributed by atoms with Gasteiger partial charge in [-0.15, -0.1) is 11.3 Å². The van der Waals surface area contributed by atoms with Crippen molar-refractivity contribution in [2.24, 2.45) is 0 Å². The van der Waals surface area contributed by atoms with Crippen LogP contribution in [0.25, 0.3) is 0 Å². The van der Waals surface area contributed by atoms with Crippen molar-refractivity contribution >= 4 is 11.3 Å². The Morgan fingerprint density at radius 3 is 3.00 bits per heavy atom. The molecule has 0 aromatic carbocycles. The largest absolute Gasteiger partial charge is 0.372 e. The van der Waals surface area contributed by atoms with E-state index < -0.39 is 0 Å². The Labute approximate surface area is 101 Å². The maximum Gasteiger partial charge on any atom is 0.0962 e. The highest BCUT2D eigenvalue weighted by molar-refractivity contribution is 7.12. The van der Waals surface area contributed by atoms with E-state index >= 15 is 0 Å². The highest BCUT2D eigenvalue weighted by Gasteiger charge is 2.28. The van der Waals surface area contributed by atoms with Crippen molar-refractivity contribution in [3.8, 4) is 0 Å². The molecule has 2 aliphatic rings. The molecule has 1 aromatic heterocycles. The summed E-state index contributed by atoms with van der Waals surface area (Å²) in [7, 11) is 2.01. The number of likely N-dealkylation sites (N-methyl/N-ethyl adjacent to an activating group) is 1. The van der Waals surface area contributed by atoms with E-state index in [1.807, 2.05) is 7.05 Å². The minimum Gasteiger partial charge on any atom is -0.372 e. The van der Waals surface area contributed by atoms with Crippen molar-refractivity contribution in [2.75, 3.05) is 20.2 Å². The summed E-state index contributed by atoms with van der Waals surface area (Å²) in [6.07, 6.45) is 6.77. The van der Waals surface area contributed by atoms with Crippen LogP contribution in [0.5, 0.6) is 0 Å². The molecule has 16 heavy (non-hydrogen) atoms. The van der Waals surface area contributed by atoms with Gasteiger partial charge in [0.25, 0.3) is 0 Å². The Bertz CT molecular complexity index is 386. The maximum absolute atomic E-state index is 5.91. The van der Waals surface area contributed by atoms with Gasteiger partial charge >= 0.3 is 0 Å². The van der Waals surface area contributed by atoms with Crippen LogP contribution < -0.4 is 5.32 Å². The molecule has 1 aliphatic carbocycles. The second-order valence-electron chi connectivity index (χ2n) is 4.71. The Kier molecular flexibility index (Phi) is 3.01. The van der Waals surface area contributed by atoms with Crippen LogP contribution in [0.2, 0.25) is 0 Å². The van der Waals surface area contributed by atoms with Crippen molar-refractivity contribution in [1.29, 1.82) is 0 Å². The predicted molar refractivity (Wildman–Crippen MR) is 67.3 cm³/mol. The van der Waals surface area contributed by atoms with Crippen molar-refractivity contribution < 1.29 is 4.74 Å². The van der Waals surface area contributed by atoms with Crippen LogP contribution in [0.1, 0.15) is 39.8 Å². The van der Waals surface area contributed by atoms with Crippen molar-refractivity contribution in [3.63, 3.8) is 0 Å². The molecule has 0 bridgehead atoms. The van der Waals surface area contributed by atoms with Crippen molar-refractivity contribution in [1.82, 2.24) is 5.32 Å². The molecular weight excluding hydrogens is 218 g/mol. The molecule has 0 saturated carbocycles. The third kappa shape index (κ3) is 1.71. The fourth-order valence-corrected chi connectivity index (χ4v) is 4.36. The second-order valence-corrected chi connectivity index (χ2v) is 5.90. The fraction of sp³-hybridized carbons (Fsp3) is 0.692. The Morgan fingerprint density at radius 2 is 2.12 bits per heavy atom. The highest BCUT2D eigenvalue weighted by Crippen LogP contribution is 2.41. The molecule has 3 heteroatoms. The zero-order valence-electron chi connectivity index (χ0n) is 9.84. The normalized spacial score (nSPS) is 23.9. The summed E-state index contributed by atoms with van der Waals surface area (Å²) in [4.78, 5) is 3.27. The van der Waals surface area contributed by atoms with Crippen LogP contribution in [0.15, 0.2) is 0 Å². The Balaban J connectivity index is 2.00. The smallest absolute Gasteiger partial charge is 0.0962 e. The van der Waals surface area contributed by atoms with Crippen LogP contribution in [-0.4, -0.2) is 20.2 Å². The van der Waals surface area contributed by atoms with Crippen LogP contribution >= 0.6 is 11.3 Å². The summed E-state index contributed by atoms with van der Waals surface area (Å²) in [5, 5.41) is 3.25. The van der Waals surface area contributed by atoms with Gasteiger partial charge in [-0.25, -0.2) is 0 Å². The van der Waals surface area contributed by atoms with Crippen molar-refractivity contribution in [2.45, 2.75) is 38.2 Å². The van der Waals surface area contributed by atoms with Crippen LogP contribution in [-0.2, 0) is 24.0 Å². The average Bonchev–Trinajstić information content (AvgIpc) is 2.68. The summed E-state index contributed by atoms with van der Waals surface area (Å²) >= 11 is 2.06. The topological polar surface area (TPSA) is 21.3 Å². The van der Waals surface area contributed by atoms with E-state index in [9.17, 15) is 0 Å². The zero-order valence-corrected chi connectivity index (χ0v) is 10.7. The number of rotatable bonds is 2. The lowest BCUT2D eigenvalue weighted by atomic mass is 9.91. The Hall–Kier alpha value is -0.380. The van der Waals surface area contributed by atoms with Gasteiger partial charge in [0.15, 0.2) is 0 Å². The predicted octanol–water partition coefficient (Wildman–Crippen LogP) is 2.46. The third-order valence-corrected chi connectivity index (χ3v) is 5.02. The molecule has 0 spiro atoms. The lowest BCUT2D eigenvalue weighted by Crippen LogP contribution is -2.25. The Morgan fingerprint density at radius 1 is 1.25 bits per heavy atom. The first kappa shape index (κ1) is 10.8. The first-order valence-electron chi connectivity index (χ1n) is 6.29. The summed E-state index contributed by atoms with van der Waals surface area (Å²) in [5.41, 5.74) is 3.20. The monoisotopic (exact) mass is 237 g/mol. The molecule has 2 nitrogen and oxygen atoms in total. The summed E-state index contributed by atoms with van der Waals surface area (Å²) in [6.45, 7) is 1.86. The molecule has 0 amide bonds. The first-order valence-corrected chi connectivity index (χ1v) is 7.11. The number of nitrogens with one attached hydrogen (secondary N) is 1. The maximum atomic E-state index is 5.91. The lowest BCUT2D eigenvalue weighted by molar-refractivity contribution is 0.0444. The molecule has 2 heterocycles. The molecule has 0 fully saturated rings. The molecule has 1 N–H and O–H groups in total. The third-order valence-electron chi connectivity index (χ3n) is 3.65. The average molecular weight is 237 g/mol. The standard InChI is InChI=1S/C13H19NOS/c1-14-8-10-13-9-4-2-3-5-11(9)16-12(13)6-7-15-10/h10,14H,2-8H2,1H3. The quantitative estimate of drug-likeness (QED) is 0.853. The summed E-state index contributed by atoms with van der Waals surface area (Å²) in [6, 6.07) is 0. The van der Waals surface area contributed by atoms with Crippen LogP contribution in [0.4, 0.5) is 0 Å². The fourth-order valence-electron chi connectivity index (χ4n) is 2.93. The van der Waals surface area contributed by atoms with Crippen LogP contribution in [0, 0.1) is 0 Å². The number of hydrogen-bond acceptors (Lipinski definition) is 3. The minimum atomic E-state index is 0.312. The zero-order chi connectivity index (χ0) is 11.0. The molecule has 1 unspecified atom stereocenters. The van der Waals surface area contributed by atoms with E-state index in [2.05, 4.69) is 16.7 Å². The van der Waals surface area contributed by atoms with Gasteiger partial charge in [0.05, 0.1) is 12.7 Å². The van der Waals surface area contributed by atoms with E-state index in [0.29, 0.717) is 6.10 Å². The molecule has 0 saturated heterocycles. The molecule has 1 aromatic rings. The number of fused-ring (bicyclic) bond motifs is 3. The van der Waals surface area contributed by atoms with E-state index in [1.165, 1.54) is 25.7 Å². The SMILES string of the molecule is CNCC1OCCc2sc3c(c21)CCCC3. The number of ether oxygens (including phenoxy) is 1. The summed E-state index contributed by atoms with van der Waals surface area (Å²) < 4.78 is 5.91. The number of aryl methyl sites for hydroxylation is 1. The molecule has 1 atom stereocenters. The molecule has 3 rings (SSSR count). The van der Waals surface area contributed by atoms with Gasteiger partial charge in [0, 0.05) is 22.7 Å². The van der Waals surface area contributed by atoms with Gasteiger partial charge < -0.3 is 10.1 Å². The number of hydrogen-bond donors (Lipinski definition) is 1. The van der Waals surface area contributed by atoms with Crippen molar-refractivity contribution in [3.05, 3.63) is 20.9 Å². The molecular formula is C13H19NOS. The molecule has 0 radical (unpaired) electrons. The van der Waals surface area contributed by atoms with Gasteiger partial charge in [-0.1, -0.05) is 0 Å². The van der Waals surface area contributed by atoms with Gasteiger partial charge in [0.2, 0.25) is 0 Å². The lowest BCUT2D eigenvalue weighted by Gasteiger charge is -2.25. The van der Waals surface area contributed by atoms with E-state index in [-0.39, 0.29) is 0 Å². The van der Waals surface area contributed by atoms with Gasteiger partial charge in [-0.3, -0.25) is 0 Å². The van der Waals surface area contributed by atoms with E-state index in [1.54, 1.807) is 20.9 Å². The van der Waals surface area contributed by atoms with E-state index in [4.69, 9.17) is 4.74 Å². The van der Waals surface area contributed by atoms with Gasteiger partial charge in [0.1, 0.15) is 0 Å². The second kappa shape index (κ2) is 4.47.